The summed E-state index contributed by atoms with van der Waals surface area (Å²) >= 11 is 0. The SMILES string of the molecule is COc1ccc(-c2cc3ccccn3c2C(=O)c2ccccc2)cc1. The lowest BCUT2D eigenvalue weighted by Crippen LogP contribution is -2.06. The molecule has 0 aliphatic heterocycles. The van der Waals surface area contributed by atoms with Gasteiger partial charge in [-0.2, -0.15) is 0 Å². The molecule has 0 amide bonds. The van der Waals surface area contributed by atoms with Gasteiger partial charge < -0.3 is 9.14 Å². The number of pyridine rings is 1. The van der Waals surface area contributed by atoms with Crippen molar-refractivity contribution in [2.75, 3.05) is 7.11 Å². The molecule has 0 spiro atoms. The van der Waals surface area contributed by atoms with Crippen LogP contribution in [0, 0.1) is 0 Å². The maximum absolute atomic E-state index is 13.2. The summed E-state index contributed by atoms with van der Waals surface area (Å²) in [5, 5.41) is 0. The molecular formula is C22H17NO2. The second kappa shape index (κ2) is 6.29. The van der Waals surface area contributed by atoms with E-state index in [0.29, 0.717) is 11.3 Å². The van der Waals surface area contributed by atoms with E-state index in [1.54, 1.807) is 7.11 Å². The Kier molecular flexibility index (Phi) is 3.82. The summed E-state index contributed by atoms with van der Waals surface area (Å²) in [6.07, 6.45) is 1.93. The van der Waals surface area contributed by atoms with Crippen LogP contribution in [0.4, 0.5) is 0 Å². The van der Waals surface area contributed by atoms with Crippen molar-refractivity contribution in [3.8, 4) is 16.9 Å². The average molecular weight is 327 g/mol. The Labute approximate surface area is 146 Å². The van der Waals surface area contributed by atoms with Crippen LogP contribution in [0.1, 0.15) is 16.1 Å². The van der Waals surface area contributed by atoms with Crippen molar-refractivity contribution in [1.29, 1.82) is 0 Å². The smallest absolute Gasteiger partial charge is 0.210 e. The molecule has 4 aromatic rings. The number of carbonyl (C=O) groups is 1. The predicted molar refractivity (Wildman–Crippen MR) is 99.3 cm³/mol. The van der Waals surface area contributed by atoms with Crippen molar-refractivity contribution in [3.63, 3.8) is 0 Å². The van der Waals surface area contributed by atoms with E-state index in [4.69, 9.17) is 4.74 Å². The minimum atomic E-state index is 0.0117. The first kappa shape index (κ1) is 15.2. The fraction of sp³-hybridized carbons (Fsp3) is 0.0455. The summed E-state index contributed by atoms with van der Waals surface area (Å²) < 4.78 is 7.19. The minimum Gasteiger partial charge on any atom is -0.497 e. The normalized spacial score (nSPS) is 10.8. The van der Waals surface area contributed by atoms with Gasteiger partial charge in [0.1, 0.15) is 11.4 Å². The quantitative estimate of drug-likeness (QED) is 0.502. The molecular weight excluding hydrogens is 310 g/mol. The molecule has 4 rings (SSSR count). The lowest BCUT2D eigenvalue weighted by Gasteiger charge is -2.07. The van der Waals surface area contributed by atoms with Crippen LogP contribution in [0.2, 0.25) is 0 Å². The molecule has 3 heteroatoms. The Bertz CT molecular complexity index is 1030. The van der Waals surface area contributed by atoms with Crippen LogP contribution in [-0.2, 0) is 0 Å². The molecule has 0 fully saturated rings. The molecule has 2 aromatic carbocycles. The van der Waals surface area contributed by atoms with Crippen molar-refractivity contribution in [2.45, 2.75) is 0 Å². The number of benzene rings is 2. The van der Waals surface area contributed by atoms with Gasteiger partial charge in [-0.15, -0.1) is 0 Å². The molecule has 0 N–H and O–H groups in total. The monoisotopic (exact) mass is 327 g/mol. The highest BCUT2D eigenvalue weighted by Crippen LogP contribution is 2.30. The van der Waals surface area contributed by atoms with Crippen LogP contribution >= 0.6 is 0 Å². The number of methoxy groups -OCH3 is 1. The first-order valence-electron chi connectivity index (χ1n) is 8.12. The Hall–Kier alpha value is -3.33. The van der Waals surface area contributed by atoms with Gasteiger partial charge in [-0.1, -0.05) is 48.5 Å². The van der Waals surface area contributed by atoms with E-state index < -0.39 is 0 Å². The lowest BCUT2D eigenvalue weighted by molar-refractivity contribution is 0.103. The van der Waals surface area contributed by atoms with Crippen molar-refractivity contribution in [1.82, 2.24) is 4.40 Å². The summed E-state index contributed by atoms with van der Waals surface area (Å²) in [6, 6.07) is 25.1. The number of aromatic nitrogens is 1. The van der Waals surface area contributed by atoms with Gasteiger partial charge in [0.2, 0.25) is 5.78 Å². The lowest BCUT2D eigenvalue weighted by atomic mass is 10.0. The Morgan fingerprint density at radius 3 is 2.32 bits per heavy atom. The minimum absolute atomic E-state index is 0.0117. The molecule has 0 radical (unpaired) electrons. The van der Waals surface area contributed by atoms with Gasteiger partial charge in [-0.3, -0.25) is 4.79 Å². The highest BCUT2D eigenvalue weighted by atomic mass is 16.5. The summed E-state index contributed by atoms with van der Waals surface area (Å²) in [5.74, 6) is 0.807. The summed E-state index contributed by atoms with van der Waals surface area (Å²) in [7, 11) is 1.64. The van der Waals surface area contributed by atoms with Crippen molar-refractivity contribution in [3.05, 3.63) is 96.3 Å². The number of carbonyl (C=O) groups excluding carboxylic acids is 1. The van der Waals surface area contributed by atoms with Crippen LogP contribution in [0.3, 0.4) is 0 Å². The number of fused-ring (bicyclic) bond motifs is 1. The third-order valence-corrected chi connectivity index (χ3v) is 4.33. The van der Waals surface area contributed by atoms with Crippen LogP contribution in [0.5, 0.6) is 5.75 Å². The van der Waals surface area contributed by atoms with E-state index in [1.807, 2.05) is 83.4 Å². The fourth-order valence-electron chi connectivity index (χ4n) is 3.07. The van der Waals surface area contributed by atoms with E-state index in [0.717, 1.165) is 22.4 Å². The van der Waals surface area contributed by atoms with Gasteiger partial charge in [0, 0.05) is 22.8 Å². The van der Waals surface area contributed by atoms with Crippen molar-refractivity contribution in [2.24, 2.45) is 0 Å². The molecule has 0 aliphatic carbocycles. The number of ketones is 1. The largest absolute Gasteiger partial charge is 0.497 e. The molecule has 3 nitrogen and oxygen atoms in total. The topological polar surface area (TPSA) is 30.7 Å². The van der Waals surface area contributed by atoms with Gasteiger partial charge in [0.25, 0.3) is 0 Å². The van der Waals surface area contributed by atoms with Crippen LogP contribution in [0.15, 0.2) is 85.1 Å². The molecule has 0 atom stereocenters. The van der Waals surface area contributed by atoms with E-state index in [9.17, 15) is 4.79 Å². The molecule has 2 heterocycles. The molecule has 0 bridgehead atoms. The van der Waals surface area contributed by atoms with E-state index in [-0.39, 0.29) is 5.78 Å². The van der Waals surface area contributed by atoms with Crippen molar-refractivity contribution >= 4 is 11.3 Å². The molecule has 122 valence electrons. The molecule has 0 unspecified atom stereocenters. The number of hydrogen-bond acceptors (Lipinski definition) is 2. The summed E-state index contributed by atoms with van der Waals surface area (Å²) in [6.45, 7) is 0. The average Bonchev–Trinajstić information content (AvgIpc) is 3.07. The van der Waals surface area contributed by atoms with Gasteiger partial charge in [-0.25, -0.2) is 0 Å². The second-order valence-electron chi connectivity index (χ2n) is 5.83. The first-order chi connectivity index (χ1) is 12.3. The fourth-order valence-corrected chi connectivity index (χ4v) is 3.07. The maximum atomic E-state index is 13.2. The van der Waals surface area contributed by atoms with Crippen LogP contribution < -0.4 is 4.74 Å². The zero-order valence-electron chi connectivity index (χ0n) is 13.8. The second-order valence-corrected chi connectivity index (χ2v) is 5.83. The van der Waals surface area contributed by atoms with Crippen LogP contribution in [0.25, 0.3) is 16.6 Å². The van der Waals surface area contributed by atoms with E-state index in [1.165, 1.54) is 0 Å². The molecule has 0 saturated carbocycles. The highest BCUT2D eigenvalue weighted by Gasteiger charge is 2.20. The molecule has 0 aliphatic rings. The number of ether oxygens (including phenoxy) is 1. The van der Waals surface area contributed by atoms with Gasteiger partial charge >= 0.3 is 0 Å². The Morgan fingerprint density at radius 2 is 1.60 bits per heavy atom. The van der Waals surface area contributed by atoms with Gasteiger partial charge in [0.15, 0.2) is 0 Å². The third kappa shape index (κ3) is 2.70. The third-order valence-electron chi connectivity index (χ3n) is 4.33. The van der Waals surface area contributed by atoms with E-state index >= 15 is 0 Å². The molecule has 2 aromatic heterocycles. The zero-order valence-corrected chi connectivity index (χ0v) is 13.8. The van der Waals surface area contributed by atoms with Crippen LogP contribution in [-0.4, -0.2) is 17.3 Å². The number of nitrogens with zero attached hydrogens (tertiary/aromatic N) is 1. The summed E-state index contributed by atoms with van der Waals surface area (Å²) in [5.41, 5.74) is 4.26. The van der Waals surface area contributed by atoms with Gasteiger partial charge in [-0.05, 0) is 35.9 Å². The zero-order chi connectivity index (χ0) is 17.2. The number of rotatable bonds is 4. The highest BCUT2D eigenvalue weighted by molar-refractivity contribution is 6.12. The predicted octanol–water partition coefficient (Wildman–Crippen LogP) is 4.85. The number of hydrogen-bond donors (Lipinski definition) is 0. The first-order valence-corrected chi connectivity index (χ1v) is 8.12. The Balaban J connectivity index is 1.93. The molecule has 0 saturated heterocycles. The standard InChI is InChI=1S/C22H17NO2/c1-25-19-12-10-16(11-13-19)20-15-18-9-5-6-14-23(18)21(20)22(24)17-7-3-2-4-8-17/h2-15H,1H3. The van der Waals surface area contributed by atoms with E-state index in [2.05, 4.69) is 6.07 Å². The van der Waals surface area contributed by atoms with Gasteiger partial charge in [0.05, 0.1) is 7.11 Å². The molecule has 25 heavy (non-hydrogen) atoms. The maximum Gasteiger partial charge on any atom is 0.210 e. The van der Waals surface area contributed by atoms with Crippen molar-refractivity contribution < 1.29 is 9.53 Å². The Morgan fingerprint density at radius 1 is 0.880 bits per heavy atom. The summed E-state index contributed by atoms with van der Waals surface area (Å²) in [4.78, 5) is 13.2.